The maximum absolute atomic E-state index is 12.8. The van der Waals surface area contributed by atoms with E-state index in [1.54, 1.807) is 30.3 Å². The van der Waals surface area contributed by atoms with Gasteiger partial charge in [-0.25, -0.2) is 0 Å². The summed E-state index contributed by atoms with van der Waals surface area (Å²) in [4.78, 5) is 16.6. The molecule has 0 saturated heterocycles. The molecule has 0 spiro atoms. The Morgan fingerprint density at radius 3 is 2.61 bits per heavy atom. The average molecular weight is 431 g/mol. The van der Waals surface area contributed by atoms with Crippen LogP contribution in [0.5, 0.6) is 11.5 Å². The maximum atomic E-state index is 12.8. The minimum atomic E-state index is -2.97. The van der Waals surface area contributed by atoms with Crippen molar-refractivity contribution in [1.82, 2.24) is 10.1 Å². The fourth-order valence-corrected chi connectivity index (χ4v) is 2.96. The van der Waals surface area contributed by atoms with Crippen LogP contribution in [0.2, 0.25) is 0 Å². The third-order valence-corrected chi connectivity index (χ3v) is 4.43. The van der Waals surface area contributed by atoms with E-state index in [1.807, 2.05) is 6.92 Å². The smallest absolute Gasteiger partial charge is 0.387 e. The molecule has 0 fully saturated rings. The number of methoxy groups -OCH3 is 1. The van der Waals surface area contributed by atoms with Gasteiger partial charge in [-0.2, -0.15) is 13.8 Å². The predicted molar refractivity (Wildman–Crippen MR) is 110 cm³/mol. The lowest BCUT2D eigenvalue weighted by Gasteiger charge is -2.14. The summed E-state index contributed by atoms with van der Waals surface area (Å²) in [5.41, 5.74) is 1.51. The summed E-state index contributed by atoms with van der Waals surface area (Å²) >= 11 is 0. The number of aromatic nitrogens is 2. The lowest BCUT2D eigenvalue weighted by atomic mass is 10.0. The number of carbonyl (C=O) groups excluding carboxylic acids is 1. The Morgan fingerprint density at radius 1 is 1.16 bits per heavy atom. The second-order valence-corrected chi connectivity index (χ2v) is 6.72. The summed E-state index contributed by atoms with van der Waals surface area (Å²) in [5, 5.41) is 6.62. The van der Waals surface area contributed by atoms with E-state index in [2.05, 4.69) is 20.2 Å². The molecule has 1 amide bonds. The maximum Gasteiger partial charge on any atom is 0.387 e. The first-order valence-electron chi connectivity index (χ1n) is 9.83. The van der Waals surface area contributed by atoms with Crippen LogP contribution >= 0.6 is 0 Å². The first kappa shape index (κ1) is 22.2. The fourth-order valence-electron chi connectivity index (χ4n) is 2.96. The molecule has 2 aromatic carbocycles. The number of benzene rings is 2. The summed E-state index contributed by atoms with van der Waals surface area (Å²) in [6.07, 6.45) is 2.07. The molecule has 164 valence electrons. The number of nitrogens with zero attached hydrogens (tertiary/aromatic N) is 2. The number of anilines is 1. The van der Waals surface area contributed by atoms with E-state index < -0.39 is 6.61 Å². The second-order valence-electron chi connectivity index (χ2n) is 6.72. The van der Waals surface area contributed by atoms with Gasteiger partial charge in [0, 0.05) is 30.5 Å². The SMILES string of the molecule is CCCc1noc(CCC(=O)Nc2ccc(OC(F)F)c(-c3ccc(OC)cc3)c2)n1. The minimum Gasteiger partial charge on any atom is -0.497 e. The Kier molecular flexibility index (Phi) is 7.53. The molecule has 3 rings (SSSR count). The third-order valence-electron chi connectivity index (χ3n) is 4.43. The quantitative estimate of drug-likeness (QED) is 0.493. The van der Waals surface area contributed by atoms with Crippen LogP contribution < -0.4 is 14.8 Å². The van der Waals surface area contributed by atoms with Gasteiger partial charge in [-0.1, -0.05) is 24.2 Å². The van der Waals surface area contributed by atoms with Gasteiger partial charge in [-0.05, 0) is 42.3 Å². The zero-order valence-electron chi connectivity index (χ0n) is 17.2. The van der Waals surface area contributed by atoms with E-state index in [0.717, 1.165) is 12.8 Å². The lowest BCUT2D eigenvalue weighted by molar-refractivity contribution is -0.116. The van der Waals surface area contributed by atoms with E-state index in [1.165, 1.54) is 19.2 Å². The number of rotatable bonds is 10. The number of alkyl halides is 2. The summed E-state index contributed by atoms with van der Waals surface area (Å²) in [6, 6.07) is 11.4. The first-order chi connectivity index (χ1) is 15.0. The fraction of sp³-hybridized carbons (Fsp3) is 0.318. The molecule has 0 aliphatic rings. The van der Waals surface area contributed by atoms with Gasteiger partial charge in [0.05, 0.1) is 7.11 Å². The predicted octanol–water partition coefficient (Wildman–Crippen LogP) is 4.87. The number of aryl methyl sites for hydroxylation is 2. The van der Waals surface area contributed by atoms with Crippen molar-refractivity contribution in [1.29, 1.82) is 0 Å². The summed E-state index contributed by atoms with van der Waals surface area (Å²) in [5.74, 6) is 1.40. The Balaban J connectivity index is 1.71. The number of hydrogen-bond acceptors (Lipinski definition) is 6. The van der Waals surface area contributed by atoms with Gasteiger partial charge in [0.25, 0.3) is 0 Å². The van der Waals surface area contributed by atoms with E-state index in [9.17, 15) is 13.6 Å². The molecule has 0 aliphatic carbocycles. The zero-order chi connectivity index (χ0) is 22.2. The number of ether oxygens (including phenoxy) is 2. The van der Waals surface area contributed by atoms with E-state index in [0.29, 0.717) is 40.7 Å². The molecule has 7 nitrogen and oxygen atoms in total. The van der Waals surface area contributed by atoms with Crippen molar-refractivity contribution in [2.45, 2.75) is 39.2 Å². The van der Waals surface area contributed by atoms with Gasteiger partial charge < -0.3 is 19.3 Å². The summed E-state index contributed by atoms with van der Waals surface area (Å²) in [7, 11) is 1.54. The third kappa shape index (κ3) is 6.24. The van der Waals surface area contributed by atoms with Gasteiger partial charge in [-0.3, -0.25) is 4.79 Å². The highest BCUT2D eigenvalue weighted by Gasteiger charge is 2.14. The summed E-state index contributed by atoms with van der Waals surface area (Å²) < 4.78 is 40.5. The molecule has 0 bridgehead atoms. The monoisotopic (exact) mass is 431 g/mol. The average Bonchev–Trinajstić information content (AvgIpc) is 3.21. The molecular formula is C22H23F2N3O4. The number of carbonyl (C=O) groups is 1. The van der Waals surface area contributed by atoms with Crippen LogP contribution in [0.15, 0.2) is 47.0 Å². The minimum absolute atomic E-state index is 0.00693. The largest absolute Gasteiger partial charge is 0.497 e. The molecule has 31 heavy (non-hydrogen) atoms. The zero-order valence-corrected chi connectivity index (χ0v) is 17.2. The van der Waals surface area contributed by atoms with Gasteiger partial charge in [0.2, 0.25) is 11.8 Å². The van der Waals surface area contributed by atoms with Crippen LogP contribution in [0, 0.1) is 0 Å². The molecule has 3 aromatic rings. The van der Waals surface area contributed by atoms with Gasteiger partial charge in [-0.15, -0.1) is 0 Å². The Bertz CT molecular complexity index is 1010. The molecule has 0 radical (unpaired) electrons. The topological polar surface area (TPSA) is 86.5 Å². The molecule has 0 unspecified atom stereocenters. The molecule has 0 atom stereocenters. The molecule has 0 aliphatic heterocycles. The molecular weight excluding hydrogens is 408 g/mol. The van der Waals surface area contributed by atoms with Crippen molar-refractivity contribution < 1.29 is 27.6 Å². The van der Waals surface area contributed by atoms with Gasteiger partial charge >= 0.3 is 6.61 Å². The highest BCUT2D eigenvalue weighted by atomic mass is 19.3. The number of halogens is 2. The molecule has 1 aromatic heterocycles. The van der Waals surface area contributed by atoms with Crippen LogP contribution in [-0.4, -0.2) is 29.8 Å². The second kappa shape index (κ2) is 10.5. The van der Waals surface area contributed by atoms with Crippen molar-refractivity contribution in [3.63, 3.8) is 0 Å². The molecule has 1 heterocycles. The lowest BCUT2D eigenvalue weighted by Crippen LogP contribution is -2.13. The van der Waals surface area contributed by atoms with Crippen LogP contribution in [0.25, 0.3) is 11.1 Å². The molecule has 9 heteroatoms. The highest BCUT2D eigenvalue weighted by Crippen LogP contribution is 2.34. The van der Waals surface area contributed by atoms with Gasteiger partial charge in [0.15, 0.2) is 5.82 Å². The first-order valence-corrected chi connectivity index (χ1v) is 9.83. The number of nitrogens with one attached hydrogen (secondary N) is 1. The standard InChI is InChI=1S/C22H23F2N3O4/c1-3-4-19-26-21(31-27-19)12-11-20(28)25-15-7-10-18(30-22(23)24)17(13-15)14-5-8-16(29-2)9-6-14/h5-10,13,22H,3-4,11-12H2,1-2H3,(H,25,28). The highest BCUT2D eigenvalue weighted by molar-refractivity contribution is 5.92. The van der Waals surface area contributed by atoms with E-state index in [4.69, 9.17) is 9.26 Å². The van der Waals surface area contributed by atoms with Crippen LogP contribution in [-0.2, 0) is 17.6 Å². The van der Waals surface area contributed by atoms with E-state index in [-0.39, 0.29) is 18.1 Å². The number of hydrogen-bond donors (Lipinski definition) is 1. The number of amides is 1. The molecule has 0 saturated carbocycles. The van der Waals surface area contributed by atoms with Crippen molar-refractivity contribution in [2.24, 2.45) is 0 Å². The van der Waals surface area contributed by atoms with Crippen molar-refractivity contribution in [3.8, 4) is 22.6 Å². The van der Waals surface area contributed by atoms with Crippen LogP contribution in [0.1, 0.15) is 31.5 Å². The Labute approximate surface area is 178 Å². The Morgan fingerprint density at radius 2 is 1.94 bits per heavy atom. The van der Waals surface area contributed by atoms with E-state index >= 15 is 0 Å². The summed E-state index contributed by atoms with van der Waals surface area (Å²) in [6.45, 7) is -0.953. The van der Waals surface area contributed by atoms with Crippen molar-refractivity contribution in [2.75, 3.05) is 12.4 Å². The van der Waals surface area contributed by atoms with Crippen molar-refractivity contribution in [3.05, 3.63) is 54.2 Å². The van der Waals surface area contributed by atoms with Gasteiger partial charge in [0.1, 0.15) is 11.5 Å². The molecule has 1 N–H and O–H groups in total. The Hall–Kier alpha value is -3.49. The van der Waals surface area contributed by atoms with Crippen LogP contribution in [0.3, 0.4) is 0 Å². The normalized spacial score (nSPS) is 10.9. The van der Waals surface area contributed by atoms with Crippen LogP contribution in [0.4, 0.5) is 14.5 Å². The van der Waals surface area contributed by atoms with Crippen molar-refractivity contribution >= 4 is 11.6 Å².